The average Bonchev–Trinajstić information content (AvgIpc) is 2.80. The van der Waals surface area contributed by atoms with Gasteiger partial charge in [0.15, 0.2) is 6.04 Å². The maximum absolute atomic E-state index is 12.5. The summed E-state index contributed by atoms with van der Waals surface area (Å²) < 4.78 is 5.11. The Morgan fingerprint density at radius 3 is 2.65 bits per heavy atom. The van der Waals surface area contributed by atoms with Crippen molar-refractivity contribution in [3.63, 3.8) is 0 Å². The summed E-state index contributed by atoms with van der Waals surface area (Å²) in [6, 6.07) is -0.889. The van der Waals surface area contributed by atoms with Crippen molar-refractivity contribution in [1.82, 2.24) is 9.80 Å². The zero-order chi connectivity index (χ0) is 14.9. The molecule has 0 aromatic heterocycles. The lowest BCUT2D eigenvalue weighted by molar-refractivity contribution is -0.160. The molecule has 7 nitrogen and oxygen atoms in total. The number of carboxylic acids is 1. The summed E-state index contributed by atoms with van der Waals surface area (Å²) >= 11 is 0. The molecule has 0 bridgehead atoms. The molecule has 112 valence electrons. The van der Waals surface area contributed by atoms with Gasteiger partial charge in [0.1, 0.15) is 0 Å². The van der Waals surface area contributed by atoms with Crippen LogP contribution in [0.15, 0.2) is 0 Å². The van der Waals surface area contributed by atoms with E-state index in [4.69, 9.17) is 9.84 Å². The molecule has 2 amide bonds. The highest BCUT2D eigenvalue weighted by Crippen LogP contribution is 2.23. The Labute approximate surface area is 117 Å². The molecule has 2 saturated heterocycles. The Kier molecular flexibility index (Phi) is 4.27. The van der Waals surface area contributed by atoms with Crippen molar-refractivity contribution >= 4 is 17.8 Å². The number of hydrogen-bond donors (Lipinski definition) is 1. The monoisotopic (exact) mass is 284 g/mol. The molecule has 7 heteroatoms. The van der Waals surface area contributed by atoms with Crippen LogP contribution in [0.4, 0.5) is 0 Å². The second kappa shape index (κ2) is 5.78. The van der Waals surface area contributed by atoms with Crippen LogP contribution in [0, 0.1) is 5.92 Å². The number of hydrogen-bond acceptors (Lipinski definition) is 4. The number of nitrogens with zero attached hydrogens (tertiary/aromatic N) is 2. The summed E-state index contributed by atoms with van der Waals surface area (Å²) in [6.07, 6.45) is 0.167. The van der Waals surface area contributed by atoms with Gasteiger partial charge in [0.2, 0.25) is 11.8 Å². The van der Waals surface area contributed by atoms with Gasteiger partial charge in [-0.1, -0.05) is 0 Å². The highest BCUT2D eigenvalue weighted by Gasteiger charge is 2.41. The van der Waals surface area contributed by atoms with Gasteiger partial charge in [-0.05, 0) is 13.8 Å². The van der Waals surface area contributed by atoms with Gasteiger partial charge in [0.05, 0.1) is 19.1 Å². The lowest BCUT2D eigenvalue weighted by Crippen LogP contribution is -2.54. The van der Waals surface area contributed by atoms with Gasteiger partial charge < -0.3 is 19.6 Å². The third kappa shape index (κ3) is 2.77. The first-order chi connectivity index (χ1) is 9.41. The van der Waals surface area contributed by atoms with E-state index in [0.29, 0.717) is 13.2 Å². The summed E-state index contributed by atoms with van der Waals surface area (Å²) in [5, 5.41) is 9.14. The zero-order valence-corrected chi connectivity index (χ0v) is 11.7. The Balaban J connectivity index is 2.07. The molecular formula is C13H20N2O5. The van der Waals surface area contributed by atoms with Crippen molar-refractivity contribution in [3.8, 4) is 0 Å². The van der Waals surface area contributed by atoms with E-state index in [2.05, 4.69) is 0 Å². The molecule has 2 aliphatic rings. The van der Waals surface area contributed by atoms with Crippen LogP contribution in [-0.4, -0.2) is 71.1 Å². The topological polar surface area (TPSA) is 87.2 Å². The number of morpholine rings is 1. The third-order valence-electron chi connectivity index (χ3n) is 3.83. The SMILES string of the molecule is CC(C)N1C[C@H](C(=O)N2CCOC[C@H]2C(=O)O)CC1=O. The molecule has 0 radical (unpaired) electrons. The first kappa shape index (κ1) is 14.8. The van der Waals surface area contributed by atoms with Crippen LogP contribution in [0.2, 0.25) is 0 Å². The fraction of sp³-hybridized carbons (Fsp3) is 0.769. The van der Waals surface area contributed by atoms with Crippen LogP contribution in [0.25, 0.3) is 0 Å². The van der Waals surface area contributed by atoms with E-state index in [9.17, 15) is 14.4 Å². The van der Waals surface area contributed by atoms with E-state index in [1.54, 1.807) is 4.90 Å². The second-order valence-corrected chi connectivity index (χ2v) is 5.50. The first-order valence-corrected chi connectivity index (χ1v) is 6.82. The number of carboxylic acid groups (broad SMARTS) is 1. The molecule has 1 N–H and O–H groups in total. The number of amides is 2. The zero-order valence-electron chi connectivity index (χ0n) is 11.7. The number of rotatable bonds is 3. The average molecular weight is 284 g/mol. The lowest BCUT2D eigenvalue weighted by atomic mass is 10.1. The van der Waals surface area contributed by atoms with Crippen molar-refractivity contribution in [1.29, 1.82) is 0 Å². The Morgan fingerprint density at radius 1 is 1.40 bits per heavy atom. The molecule has 2 rings (SSSR count). The number of carbonyl (C=O) groups excluding carboxylic acids is 2. The van der Waals surface area contributed by atoms with Crippen molar-refractivity contribution in [2.45, 2.75) is 32.4 Å². The Bertz CT molecular complexity index is 423. The Morgan fingerprint density at radius 2 is 2.10 bits per heavy atom. The number of likely N-dealkylation sites (tertiary alicyclic amines) is 1. The molecule has 0 aromatic rings. The number of ether oxygens (including phenoxy) is 1. The first-order valence-electron chi connectivity index (χ1n) is 6.82. The van der Waals surface area contributed by atoms with E-state index in [-0.39, 0.29) is 37.4 Å². The summed E-state index contributed by atoms with van der Waals surface area (Å²) in [5.74, 6) is -1.80. The largest absolute Gasteiger partial charge is 0.480 e. The molecule has 2 heterocycles. The van der Waals surface area contributed by atoms with E-state index in [0.717, 1.165) is 0 Å². The van der Waals surface area contributed by atoms with E-state index in [1.807, 2.05) is 13.8 Å². The minimum Gasteiger partial charge on any atom is -0.480 e. The van der Waals surface area contributed by atoms with Crippen molar-refractivity contribution in [2.24, 2.45) is 5.92 Å². The minimum absolute atomic E-state index is 0.00956. The highest BCUT2D eigenvalue weighted by atomic mass is 16.5. The second-order valence-electron chi connectivity index (χ2n) is 5.50. The van der Waals surface area contributed by atoms with E-state index in [1.165, 1.54) is 4.90 Å². The van der Waals surface area contributed by atoms with Crippen LogP contribution in [0.1, 0.15) is 20.3 Å². The predicted octanol–water partition coefficient (Wildman–Crippen LogP) is -0.445. The smallest absolute Gasteiger partial charge is 0.328 e. The van der Waals surface area contributed by atoms with Gasteiger partial charge in [-0.15, -0.1) is 0 Å². The van der Waals surface area contributed by atoms with Crippen molar-refractivity contribution < 1.29 is 24.2 Å². The summed E-state index contributed by atoms with van der Waals surface area (Å²) in [6.45, 7) is 4.79. The minimum atomic E-state index is -1.07. The van der Waals surface area contributed by atoms with E-state index >= 15 is 0 Å². The summed E-state index contributed by atoms with van der Waals surface area (Å²) in [7, 11) is 0. The molecule has 20 heavy (non-hydrogen) atoms. The molecule has 0 aromatic carbocycles. The molecule has 2 aliphatic heterocycles. The normalized spacial score (nSPS) is 27.2. The third-order valence-corrected chi connectivity index (χ3v) is 3.83. The number of aliphatic carboxylic acids is 1. The van der Waals surface area contributed by atoms with Gasteiger partial charge in [0.25, 0.3) is 0 Å². The van der Waals surface area contributed by atoms with Gasteiger partial charge in [-0.25, -0.2) is 4.79 Å². The molecule has 0 saturated carbocycles. The fourth-order valence-electron chi connectivity index (χ4n) is 2.70. The standard InChI is InChI=1S/C13H20N2O5/c1-8(2)15-6-9(5-11(15)16)12(17)14-3-4-20-7-10(14)13(18)19/h8-10H,3-7H2,1-2H3,(H,18,19)/t9-,10+/m1/s1. The molecule has 0 unspecified atom stereocenters. The van der Waals surface area contributed by atoms with Crippen LogP contribution >= 0.6 is 0 Å². The van der Waals surface area contributed by atoms with Crippen LogP contribution in [0.3, 0.4) is 0 Å². The van der Waals surface area contributed by atoms with Gasteiger partial charge >= 0.3 is 5.97 Å². The molecular weight excluding hydrogens is 264 g/mol. The number of carbonyl (C=O) groups is 3. The lowest BCUT2D eigenvalue weighted by Gasteiger charge is -2.34. The maximum atomic E-state index is 12.5. The molecule has 2 fully saturated rings. The molecule has 0 aliphatic carbocycles. The van der Waals surface area contributed by atoms with Gasteiger partial charge in [0, 0.05) is 25.6 Å². The van der Waals surface area contributed by atoms with Gasteiger partial charge in [-0.2, -0.15) is 0 Å². The van der Waals surface area contributed by atoms with Crippen LogP contribution < -0.4 is 0 Å². The van der Waals surface area contributed by atoms with Gasteiger partial charge in [-0.3, -0.25) is 9.59 Å². The fourth-order valence-corrected chi connectivity index (χ4v) is 2.70. The summed E-state index contributed by atoms with van der Waals surface area (Å²) in [4.78, 5) is 38.5. The van der Waals surface area contributed by atoms with Crippen LogP contribution in [0.5, 0.6) is 0 Å². The predicted molar refractivity (Wildman–Crippen MR) is 68.9 cm³/mol. The Hall–Kier alpha value is -1.63. The molecule has 0 spiro atoms. The maximum Gasteiger partial charge on any atom is 0.328 e. The summed E-state index contributed by atoms with van der Waals surface area (Å²) in [5.41, 5.74) is 0. The quantitative estimate of drug-likeness (QED) is 0.759. The van der Waals surface area contributed by atoms with Crippen molar-refractivity contribution in [3.05, 3.63) is 0 Å². The van der Waals surface area contributed by atoms with Crippen molar-refractivity contribution in [2.75, 3.05) is 26.3 Å². The highest BCUT2D eigenvalue weighted by molar-refractivity contribution is 5.91. The van der Waals surface area contributed by atoms with E-state index < -0.39 is 17.9 Å². The van der Waals surface area contributed by atoms with Crippen LogP contribution in [-0.2, 0) is 19.1 Å². The molecule has 2 atom stereocenters.